The Morgan fingerprint density at radius 2 is 1.50 bits per heavy atom. The molecule has 0 aliphatic rings. The molecule has 6 nitrogen and oxygen atoms in total. The van der Waals surface area contributed by atoms with Gasteiger partial charge in [-0.3, -0.25) is 9.78 Å². The summed E-state index contributed by atoms with van der Waals surface area (Å²) in [5, 5.41) is -0.131. The number of esters is 1. The predicted octanol–water partition coefficient (Wildman–Crippen LogP) is 7.37. The van der Waals surface area contributed by atoms with Crippen LogP contribution >= 0.6 is 0 Å². The molecule has 0 saturated heterocycles. The normalized spacial score (nSPS) is 13.2. The molecule has 0 saturated carbocycles. The van der Waals surface area contributed by atoms with Gasteiger partial charge in [0.1, 0.15) is 0 Å². The van der Waals surface area contributed by atoms with E-state index in [0.717, 1.165) is 28.8 Å². The monoisotopic (exact) mass is 598 g/mol. The summed E-state index contributed by atoms with van der Waals surface area (Å²) < 4.78 is 50.3. The fraction of sp³-hybridized carbons (Fsp3) is 0.344. The number of amides is 1. The van der Waals surface area contributed by atoms with Gasteiger partial charge >= 0.3 is 12.1 Å². The number of carbonyl (C=O) groups excluding carboxylic acids is 2. The molecular weight excluding hydrogens is 561 g/mol. The highest BCUT2D eigenvalue weighted by molar-refractivity contribution is 6.74. The molecule has 0 N–H and O–H groups in total. The molecule has 0 bridgehead atoms. The van der Waals surface area contributed by atoms with Gasteiger partial charge < -0.3 is 14.1 Å². The number of pyridine rings is 1. The number of carbonyl (C=O) groups is 2. The molecule has 3 aromatic rings. The van der Waals surface area contributed by atoms with E-state index in [1.807, 2.05) is 36.4 Å². The average Bonchev–Trinajstić information content (AvgIpc) is 2.95. The first kappa shape index (κ1) is 32.7. The largest absolute Gasteiger partial charge is 0.467 e. The SMILES string of the molecule is COC(=O)C(CO[Si](C)(C)C(C)(C)C)N(Cc1ccc(-c2ccncc2)cc1)C(=O)C=Cc1ccc(C(F)(F)F)cc1. The van der Waals surface area contributed by atoms with Gasteiger partial charge in [0.05, 0.1) is 19.3 Å². The van der Waals surface area contributed by atoms with Crippen molar-refractivity contribution in [2.75, 3.05) is 13.7 Å². The van der Waals surface area contributed by atoms with E-state index in [4.69, 9.17) is 9.16 Å². The first-order chi connectivity index (χ1) is 19.6. The van der Waals surface area contributed by atoms with Crippen LogP contribution < -0.4 is 0 Å². The first-order valence-corrected chi connectivity index (χ1v) is 16.4. The molecule has 0 fully saturated rings. The van der Waals surface area contributed by atoms with Crippen LogP contribution in [0.2, 0.25) is 18.1 Å². The summed E-state index contributed by atoms with van der Waals surface area (Å²) in [5.74, 6) is -1.14. The quantitative estimate of drug-likeness (QED) is 0.138. The van der Waals surface area contributed by atoms with Crippen LogP contribution in [0.25, 0.3) is 17.2 Å². The molecule has 1 unspecified atom stereocenters. The average molecular weight is 599 g/mol. The van der Waals surface area contributed by atoms with Gasteiger partial charge in [-0.2, -0.15) is 13.2 Å². The molecule has 10 heteroatoms. The first-order valence-electron chi connectivity index (χ1n) is 13.5. The molecule has 0 spiro atoms. The molecule has 42 heavy (non-hydrogen) atoms. The lowest BCUT2D eigenvalue weighted by molar-refractivity contribution is -0.153. The molecule has 3 rings (SSSR count). The Labute approximate surface area is 246 Å². The summed E-state index contributed by atoms with van der Waals surface area (Å²) in [6.45, 7) is 10.3. The molecule has 1 amide bonds. The van der Waals surface area contributed by atoms with Crippen LogP contribution in [0.15, 0.2) is 79.1 Å². The maximum absolute atomic E-state index is 13.6. The number of ether oxygens (including phenoxy) is 1. The van der Waals surface area contributed by atoms with Crippen LogP contribution in [0.3, 0.4) is 0 Å². The fourth-order valence-electron chi connectivity index (χ4n) is 3.86. The zero-order valence-electron chi connectivity index (χ0n) is 24.7. The Morgan fingerprint density at radius 1 is 0.929 bits per heavy atom. The number of halogens is 3. The number of benzene rings is 2. The van der Waals surface area contributed by atoms with E-state index in [-0.39, 0.29) is 18.2 Å². The number of nitrogens with zero attached hydrogens (tertiary/aromatic N) is 2. The lowest BCUT2D eigenvalue weighted by atomic mass is 10.0. The van der Waals surface area contributed by atoms with Gasteiger partial charge in [0, 0.05) is 25.0 Å². The van der Waals surface area contributed by atoms with E-state index >= 15 is 0 Å². The molecule has 0 aliphatic heterocycles. The van der Waals surface area contributed by atoms with Crippen molar-refractivity contribution in [3.05, 3.63) is 95.8 Å². The Morgan fingerprint density at radius 3 is 2.02 bits per heavy atom. The fourth-order valence-corrected chi connectivity index (χ4v) is 4.86. The third-order valence-corrected chi connectivity index (χ3v) is 12.0. The van der Waals surface area contributed by atoms with Crippen molar-refractivity contribution in [2.24, 2.45) is 0 Å². The highest BCUT2D eigenvalue weighted by atomic mass is 28.4. The molecule has 1 aromatic heterocycles. The lowest BCUT2D eigenvalue weighted by Crippen LogP contribution is -2.51. The zero-order chi connectivity index (χ0) is 31.1. The van der Waals surface area contributed by atoms with Gasteiger partial charge in [-0.15, -0.1) is 0 Å². The highest BCUT2D eigenvalue weighted by Gasteiger charge is 2.40. The molecule has 1 atom stereocenters. The minimum absolute atomic E-state index is 0.0574. The number of methoxy groups -OCH3 is 1. The van der Waals surface area contributed by atoms with Crippen LogP contribution in [0, 0.1) is 0 Å². The predicted molar refractivity (Wildman–Crippen MR) is 160 cm³/mol. The topological polar surface area (TPSA) is 68.7 Å². The van der Waals surface area contributed by atoms with Gasteiger partial charge in [0.15, 0.2) is 14.4 Å². The highest BCUT2D eigenvalue weighted by Crippen LogP contribution is 2.37. The van der Waals surface area contributed by atoms with Gasteiger partial charge in [0.25, 0.3) is 0 Å². The number of rotatable bonds is 10. The minimum atomic E-state index is -4.46. The molecule has 0 aliphatic carbocycles. The van der Waals surface area contributed by atoms with Crippen LogP contribution in [0.1, 0.15) is 37.5 Å². The van der Waals surface area contributed by atoms with Crippen molar-refractivity contribution >= 4 is 26.3 Å². The zero-order valence-corrected chi connectivity index (χ0v) is 25.7. The molecule has 0 radical (unpaired) electrons. The molecule has 1 heterocycles. The second-order valence-corrected chi connectivity index (χ2v) is 16.3. The van der Waals surface area contributed by atoms with Crippen molar-refractivity contribution in [2.45, 2.75) is 57.7 Å². The van der Waals surface area contributed by atoms with Crippen molar-refractivity contribution < 1.29 is 31.9 Å². The van der Waals surface area contributed by atoms with Crippen molar-refractivity contribution in [1.82, 2.24) is 9.88 Å². The van der Waals surface area contributed by atoms with Gasteiger partial charge in [-0.25, -0.2) is 4.79 Å². The Hall–Kier alpha value is -3.76. The summed E-state index contributed by atoms with van der Waals surface area (Å²) in [5.41, 5.74) is 2.35. The third kappa shape index (κ3) is 8.62. The summed E-state index contributed by atoms with van der Waals surface area (Å²) >= 11 is 0. The minimum Gasteiger partial charge on any atom is -0.467 e. The Kier molecular flexibility index (Phi) is 10.5. The number of aromatic nitrogens is 1. The molecular formula is C32H37F3N2O4Si. The number of alkyl halides is 3. The molecule has 224 valence electrons. The van der Waals surface area contributed by atoms with E-state index in [0.29, 0.717) is 5.56 Å². The maximum Gasteiger partial charge on any atom is 0.416 e. The van der Waals surface area contributed by atoms with E-state index in [9.17, 15) is 22.8 Å². The summed E-state index contributed by atoms with van der Waals surface area (Å²) in [6.07, 6.45) is 1.62. The van der Waals surface area contributed by atoms with E-state index in [1.165, 1.54) is 36.3 Å². The number of hydrogen-bond acceptors (Lipinski definition) is 5. The standard InChI is InChI=1S/C32H37F3N2O4Si/c1-31(2,3)42(5,6)41-22-28(30(39)40-4)37(21-24-7-12-25(13-8-24)26-17-19-36-20-18-26)29(38)16-11-23-9-14-27(15-10-23)32(33,34)35/h7-20,28H,21-22H2,1-6H3. The van der Waals surface area contributed by atoms with Crippen molar-refractivity contribution in [3.63, 3.8) is 0 Å². The third-order valence-electron chi connectivity index (χ3n) is 7.52. The van der Waals surface area contributed by atoms with Gasteiger partial charge in [-0.1, -0.05) is 57.2 Å². The van der Waals surface area contributed by atoms with Crippen LogP contribution in [-0.2, 0) is 31.5 Å². The second kappa shape index (κ2) is 13.5. The summed E-state index contributed by atoms with van der Waals surface area (Å²) in [7, 11) is -1.04. The Bertz CT molecular complexity index is 1370. The smallest absolute Gasteiger partial charge is 0.416 e. The summed E-state index contributed by atoms with van der Waals surface area (Å²) in [6, 6.07) is 14.8. The van der Waals surface area contributed by atoms with Gasteiger partial charge in [0.2, 0.25) is 5.91 Å². The maximum atomic E-state index is 13.6. The van der Waals surface area contributed by atoms with E-state index in [2.05, 4.69) is 38.8 Å². The van der Waals surface area contributed by atoms with E-state index < -0.39 is 38.0 Å². The van der Waals surface area contributed by atoms with Gasteiger partial charge in [-0.05, 0) is 70.7 Å². The van der Waals surface area contributed by atoms with Crippen LogP contribution in [-0.4, -0.2) is 49.8 Å². The van der Waals surface area contributed by atoms with Crippen molar-refractivity contribution in [1.29, 1.82) is 0 Å². The Balaban J connectivity index is 1.93. The van der Waals surface area contributed by atoms with Crippen molar-refractivity contribution in [3.8, 4) is 11.1 Å². The van der Waals surface area contributed by atoms with Crippen LogP contribution in [0.5, 0.6) is 0 Å². The lowest BCUT2D eigenvalue weighted by Gasteiger charge is -2.38. The van der Waals surface area contributed by atoms with Crippen LogP contribution in [0.4, 0.5) is 13.2 Å². The number of hydrogen-bond donors (Lipinski definition) is 0. The molecule has 2 aromatic carbocycles. The van der Waals surface area contributed by atoms with E-state index in [1.54, 1.807) is 12.4 Å². The summed E-state index contributed by atoms with van der Waals surface area (Å²) in [4.78, 5) is 32.1. The second-order valence-electron chi connectivity index (χ2n) is 11.5.